The number of benzene rings is 2. The third-order valence-corrected chi connectivity index (χ3v) is 4.70. The molecule has 0 heterocycles. The van der Waals surface area contributed by atoms with Gasteiger partial charge in [0, 0.05) is 6.04 Å². The van der Waals surface area contributed by atoms with Crippen LogP contribution in [0.5, 0.6) is 0 Å². The first-order chi connectivity index (χ1) is 13.0. The van der Waals surface area contributed by atoms with Gasteiger partial charge in [0.1, 0.15) is 0 Å². The largest absolute Gasteiger partial charge is 0.465 e. The number of hydrogen-bond donors (Lipinski definition) is 2. The summed E-state index contributed by atoms with van der Waals surface area (Å²) in [5.41, 5.74) is 3.59. The van der Waals surface area contributed by atoms with Crippen molar-refractivity contribution in [1.82, 2.24) is 5.32 Å². The van der Waals surface area contributed by atoms with Crippen LogP contribution in [0.1, 0.15) is 31.8 Å². The Morgan fingerprint density at radius 3 is 2.22 bits per heavy atom. The maximum Gasteiger partial charge on any atom is 0.339 e. The third kappa shape index (κ3) is 4.25. The van der Waals surface area contributed by atoms with Gasteiger partial charge < -0.3 is 20.1 Å². The second-order valence-electron chi connectivity index (χ2n) is 6.22. The summed E-state index contributed by atoms with van der Waals surface area (Å²) in [5, 5.41) is 6.66. The molecule has 0 atom stereocenters. The van der Waals surface area contributed by atoms with Crippen molar-refractivity contribution in [2.75, 3.05) is 19.5 Å². The average Bonchev–Trinajstić information content (AvgIpc) is 3.08. The lowest BCUT2D eigenvalue weighted by Gasteiger charge is -2.17. The first kappa shape index (κ1) is 18.8. The Kier molecular flexibility index (Phi) is 5.71. The van der Waals surface area contributed by atoms with E-state index in [2.05, 4.69) is 22.8 Å². The number of carbonyl (C=O) groups is 2. The molecule has 7 heteroatoms. The smallest absolute Gasteiger partial charge is 0.339 e. The second kappa shape index (κ2) is 8.18. The van der Waals surface area contributed by atoms with E-state index >= 15 is 0 Å². The van der Waals surface area contributed by atoms with Gasteiger partial charge in [0.05, 0.1) is 31.0 Å². The van der Waals surface area contributed by atoms with Crippen LogP contribution in [0.25, 0.3) is 0 Å². The molecule has 0 bridgehead atoms. The van der Waals surface area contributed by atoms with Gasteiger partial charge in [0.2, 0.25) is 0 Å². The van der Waals surface area contributed by atoms with E-state index in [1.165, 1.54) is 43.5 Å². The molecule has 0 amide bonds. The van der Waals surface area contributed by atoms with Crippen LogP contribution in [0.4, 0.5) is 5.69 Å². The molecule has 2 aromatic rings. The summed E-state index contributed by atoms with van der Waals surface area (Å²) in [6.07, 6.45) is 1.76. The topological polar surface area (TPSA) is 76.7 Å². The molecule has 0 unspecified atom stereocenters. The minimum Gasteiger partial charge on any atom is -0.465 e. The average molecular weight is 384 g/mol. The van der Waals surface area contributed by atoms with E-state index in [0.29, 0.717) is 16.4 Å². The molecule has 27 heavy (non-hydrogen) atoms. The molecule has 140 valence electrons. The fourth-order valence-corrected chi connectivity index (χ4v) is 3.46. The number of ether oxygens (including phenoxy) is 2. The van der Waals surface area contributed by atoms with Gasteiger partial charge in [-0.2, -0.15) is 0 Å². The first-order valence-electron chi connectivity index (χ1n) is 8.46. The van der Waals surface area contributed by atoms with E-state index in [1.807, 2.05) is 12.1 Å². The lowest BCUT2D eigenvalue weighted by Crippen LogP contribution is -2.38. The van der Waals surface area contributed by atoms with Gasteiger partial charge >= 0.3 is 11.9 Å². The van der Waals surface area contributed by atoms with E-state index in [1.54, 1.807) is 0 Å². The SMILES string of the molecule is COC(=O)c1ccc(C(=O)OC)c(NC(=S)NC2Cc3ccccc3C2)c1. The van der Waals surface area contributed by atoms with Crippen LogP contribution < -0.4 is 10.6 Å². The molecule has 2 aromatic carbocycles. The van der Waals surface area contributed by atoms with Crippen molar-refractivity contribution >= 4 is 35.0 Å². The number of methoxy groups -OCH3 is 2. The van der Waals surface area contributed by atoms with E-state index in [4.69, 9.17) is 21.7 Å². The van der Waals surface area contributed by atoms with Crippen LogP contribution in [0.2, 0.25) is 0 Å². The van der Waals surface area contributed by atoms with Crippen molar-refractivity contribution in [3.8, 4) is 0 Å². The molecular formula is C20H20N2O4S. The van der Waals surface area contributed by atoms with Crippen molar-refractivity contribution in [3.63, 3.8) is 0 Å². The lowest BCUT2D eigenvalue weighted by molar-refractivity contribution is 0.0587. The maximum absolute atomic E-state index is 12.0. The highest BCUT2D eigenvalue weighted by molar-refractivity contribution is 7.80. The molecule has 1 aliphatic carbocycles. The Balaban J connectivity index is 1.74. The number of nitrogens with one attached hydrogen (secondary N) is 2. The van der Waals surface area contributed by atoms with E-state index in [-0.39, 0.29) is 11.6 Å². The van der Waals surface area contributed by atoms with Gasteiger partial charge in [-0.05, 0) is 54.4 Å². The summed E-state index contributed by atoms with van der Waals surface area (Å²) in [7, 11) is 2.60. The summed E-state index contributed by atoms with van der Waals surface area (Å²) in [5.74, 6) is -1.02. The number of rotatable bonds is 4. The summed E-state index contributed by atoms with van der Waals surface area (Å²) >= 11 is 5.41. The fraction of sp³-hybridized carbons (Fsp3) is 0.250. The van der Waals surface area contributed by atoms with Crippen molar-refractivity contribution in [1.29, 1.82) is 0 Å². The number of thiocarbonyl (C=S) groups is 1. The molecule has 3 rings (SSSR count). The van der Waals surface area contributed by atoms with E-state index < -0.39 is 11.9 Å². The van der Waals surface area contributed by atoms with Crippen molar-refractivity contribution in [3.05, 3.63) is 64.7 Å². The Morgan fingerprint density at radius 2 is 1.63 bits per heavy atom. The third-order valence-electron chi connectivity index (χ3n) is 4.48. The highest BCUT2D eigenvalue weighted by Gasteiger charge is 2.22. The zero-order chi connectivity index (χ0) is 19.4. The molecular weight excluding hydrogens is 364 g/mol. The van der Waals surface area contributed by atoms with Crippen LogP contribution in [-0.2, 0) is 22.3 Å². The predicted octanol–water partition coefficient (Wildman–Crippen LogP) is 2.71. The zero-order valence-electron chi connectivity index (χ0n) is 15.1. The van der Waals surface area contributed by atoms with Crippen molar-refractivity contribution < 1.29 is 19.1 Å². The van der Waals surface area contributed by atoms with E-state index in [9.17, 15) is 9.59 Å². The van der Waals surface area contributed by atoms with Crippen LogP contribution >= 0.6 is 12.2 Å². The highest BCUT2D eigenvalue weighted by Crippen LogP contribution is 2.23. The molecule has 0 aromatic heterocycles. The molecule has 2 N–H and O–H groups in total. The highest BCUT2D eigenvalue weighted by atomic mass is 32.1. The van der Waals surface area contributed by atoms with Crippen LogP contribution in [0.15, 0.2) is 42.5 Å². The van der Waals surface area contributed by atoms with Crippen LogP contribution in [0, 0.1) is 0 Å². The standard InChI is InChI=1S/C20H20N2O4S/c1-25-18(23)14-7-8-16(19(24)26-2)17(11-14)22-20(27)21-15-9-12-5-3-4-6-13(12)10-15/h3-8,11,15H,9-10H2,1-2H3,(H2,21,22,27). The monoisotopic (exact) mass is 384 g/mol. The second-order valence-corrected chi connectivity index (χ2v) is 6.62. The van der Waals surface area contributed by atoms with Crippen molar-refractivity contribution in [2.45, 2.75) is 18.9 Å². The van der Waals surface area contributed by atoms with Gasteiger partial charge in [-0.25, -0.2) is 9.59 Å². The molecule has 0 fully saturated rings. The number of hydrogen-bond acceptors (Lipinski definition) is 5. The minimum atomic E-state index is -0.523. The van der Waals surface area contributed by atoms with Crippen molar-refractivity contribution in [2.24, 2.45) is 0 Å². The summed E-state index contributed by atoms with van der Waals surface area (Å²) in [6, 6.07) is 13.0. The normalized spacial score (nSPS) is 12.8. The Hall–Kier alpha value is -2.93. The van der Waals surface area contributed by atoms with Gasteiger partial charge in [-0.3, -0.25) is 0 Å². The summed E-state index contributed by atoms with van der Waals surface area (Å²) < 4.78 is 9.54. The maximum atomic E-state index is 12.0. The minimum absolute atomic E-state index is 0.174. The summed E-state index contributed by atoms with van der Waals surface area (Å²) in [4.78, 5) is 23.8. The molecule has 1 aliphatic rings. The Morgan fingerprint density at radius 1 is 1.00 bits per heavy atom. The first-order valence-corrected chi connectivity index (χ1v) is 8.87. The molecule has 0 radical (unpaired) electrons. The van der Waals surface area contributed by atoms with Crippen LogP contribution in [0.3, 0.4) is 0 Å². The number of esters is 2. The van der Waals surface area contributed by atoms with Gasteiger partial charge in [0.15, 0.2) is 5.11 Å². The molecule has 0 aliphatic heterocycles. The Labute approximate surface area is 162 Å². The van der Waals surface area contributed by atoms with Gasteiger partial charge in [0.25, 0.3) is 0 Å². The fourth-order valence-electron chi connectivity index (χ4n) is 3.19. The quantitative estimate of drug-likeness (QED) is 0.620. The predicted molar refractivity (Wildman–Crippen MR) is 106 cm³/mol. The molecule has 0 saturated carbocycles. The van der Waals surface area contributed by atoms with Gasteiger partial charge in [-0.1, -0.05) is 24.3 Å². The molecule has 0 spiro atoms. The van der Waals surface area contributed by atoms with Gasteiger partial charge in [-0.15, -0.1) is 0 Å². The molecule has 0 saturated heterocycles. The van der Waals surface area contributed by atoms with Crippen LogP contribution in [-0.4, -0.2) is 37.3 Å². The van der Waals surface area contributed by atoms with E-state index in [0.717, 1.165) is 12.8 Å². The Bertz CT molecular complexity index is 872. The molecule has 6 nitrogen and oxygen atoms in total. The number of fused-ring (bicyclic) bond motifs is 1. The summed E-state index contributed by atoms with van der Waals surface area (Å²) in [6.45, 7) is 0. The lowest BCUT2D eigenvalue weighted by atomic mass is 10.1. The number of carbonyl (C=O) groups excluding carboxylic acids is 2. The number of anilines is 1. The zero-order valence-corrected chi connectivity index (χ0v) is 15.9.